The Labute approximate surface area is 73.5 Å². The molecule has 1 aromatic heterocycles. The minimum absolute atomic E-state index is 0.171. The van der Waals surface area contributed by atoms with Crippen LogP contribution in [0.15, 0.2) is 16.7 Å². The van der Waals surface area contributed by atoms with Gasteiger partial charge in [0.2, 0.25) is 5.95 Å². The predicted octanol–water partition coefficient (Wildman–Crippen LogP) is 3.00. The number of hydrogen-bond acceptors (Lipinski definition) is 1. The zero-order valence-electron chi connectivity index (χ0n) is 5.49. The summed E-state index contributed by atoms with van der Waals surface area (Å²) >= 11 is 2.65. The zero-order valence-corrected chi connectivity index (χ0v) is 7.08. The van der Waals surface area contributed by atoms with Gasteiger partial charge in [-0.1, -0.05) is 0 Å². The van der Waals surface area contributed by atoms with Gasteiger partial charge in [0.1, 0.15) is 4.60 Å². The SMILES string of the molecule is Fc1cc(C(F)(F)F)cc(Br)n1. The summed E-state index contributed by atoms with van der Waals surface area (Å²) in [5.74, 6) is -1.16. The van der Waals surface area contributed by atoms with Crippen LogP contribution in [0.1, 0.15) is 5.56 Å². The molecule has 0 bridgehead atoms. The van der Waals surface area contributed by atoms with Gasteiger partial charge in [0.05, 0.1) is 5.56 Å². The first-order valence-corrected chi connectivity index (χ1v) is 3.59. The molecule has 0 fully saturated rings. The molecule has 0 aliphatic heterocycles. The van der Waals surface area contributed by atoms with Crippen molar-refractivity contribution in [2.45, 2.75) is 6.18 Å². The fraction of sp³-hybridized carbons (Fsp3) is 0.167. The molecule has 0 amide bonds. The van der Waals surface area contributed by atoms with Gasteiger partial charge in [-0.15, -0.1) is 0 Å². The van der Waals surface area contributed by atoms with E-state index in [9.17, 15) is 17.6 Å². The third kappa shape index (κ3) is 2.17. The van der Waals surface area contributed by atoms with E-state index in [0.717, 1.165) is 0 Å². The lowest BCUT2D eigenvalue weighted by Crippen LogP contribution is -2.06. The van der Waals surface area contributed by atoms with E-state index in [1.165, 1.54) is 0 Å². The topological polar surface area (TPSA) is 12.9 Å². The molecule has 0 saturated heterocycles. The molecule has 12 heavy (non-hydrogen) atoms. The number of alkyl halides is 3. The van der Waals surface area contributed by atoms with E-state index >= 15 is 0 Å². The maximum Gasteiger partial charge on any atom is 0.416 e. The molecular formula is C6H2BrF4N. The monoisotopic (exact) mass is 243 g/mol. The molecule has 0 radical (unpaired) electrons. The Kier molecular flexibility index (Phi) is 2.36. The lowest BCUT2D eigenvalue weighted by Gasteiger charge is -2.05. The molecule has 0 saturated carbocycles. The quantitative estimate of drug-likeness (QED) is 0.505. The van der Waals surface area contributed by atoms with Crippen molar-refractivity contribution in [3.05, 3.63) is 28.2 Å². The summed E-state index contributed by atoms with van der Waals surface area (Å²) in [4.78, 5) is 3.10. The molecule has 0 unspecified atom stereocenters. The zero-order chi connectivity index (χ0) is 9.35. The Morgan fingerprint density at radius 2 is 1.83 bits per heavy atom. The molecular weight excluding hydrogens is 242 g/mol. The van der Waals surface area contributed by atoms with Gasteiger partial charge in [0, 0.05) is 6.07 Å². The van der Waals surface area contributed by atoms with Crippen molar-refractivity contribution in [2.75, 3.05) is 0 Å². The first-order chi connectivity index (χ1) is 5.39. The smallest absolute Gasteiger partial charge is 0.213 e. The van der Waals surface area contributed by atoms with Crippen molar-refractivity contribution in [3.8, 4) is 0 Å². The molecule has 0 aliphatic rings. The molecule has 1 heterocycles. The van der Waals surface area contributed by atoms with E-state index < -0.39 is 17.7 Å². The fourth-order valence-electron chi connectivity index (χ4n) is 0.629. The standard InChI is InChI=1S/C6H2BrF4N/c7-4-1-3(6(9,10)11)2-5(8)12-4/h1-2H. The maximum atomic E-state index is 12.3. The number of hydrogen-bond donors (Lipinski definition) is 0. The Morgan fingerprint density at radius 1 is 1.25 bits per heavy atom. The van der Waals surface area contributed by atoms with Crippen molar-refractivity contribution in [1.82, 2.24) is 4.98 Å². The van der Waals surface area contributed by atoms with Gasteiger partial charge in [0.25, 0.3) is 0 Å². The number of aromatic nitrogens is 1. The number of halogens is 5. The second-order valence-corrected chi connectivity index (χ2v) is 2.81. The van der Waals surface area contributed by atoms with Crippen LogP contribution >= 0.6 is 15.9 Å². The van der Waals surface area contributed by atoms with Gasteiger partial charge >= 0.3 is 6.18 Å². The van der Waals surface area contributed by atoms with E-state index in [2.05, 4.69) is 20.9 Å². The molecule has 0 aliphatic carbocycles. The normalized spacial score (nSPS) is 11.8. The van der Waals surface area contributed by atoms with Gasteiger partial charge in [0.15, 0.2) is 0 Å². The van der Waals surface area contributed by atoms with Gasteiger partial charge in [-0.25, -0.2) is 4.98 Å². The van der Waals surface area contributed by atoms with Crippen LogP contribution in [0.2, 0.25) is 0 Å². The first kappa shape index (κ1) is 9.44. The fourth-order valence-corrected chi connectivity index (χ4v) is 1.04. The second kappa shape index (κ2) is 3.01. The molecule has 0 atom stereocenters. The average Bonchev–Trinajstić information content (AvgIpc) is 1.82. The number of nitrogens with zero attached hydrogens (tertiary/aromatic N) is 1. The minimum atomic E-state index is -4.54. The third-order valence-electron chi connectivity index (χ3n) is 1.09. The largest absolute Gasteiger partial charge is 0.416 e. The highest BCUT2D eigenvalue weighted by Crippen LogP contribution is 2.30. The predicted molar refractivity (Wildman–Crippen MR) is 36.9 cm³/mol. The van der Waals surface area contributed by atoms with E-state index in [1.54, 1.807) is 0 Å². The van der Waals surface area contributed by atoms with Gasteiger partial charge in [-0.2, -0.15) is 17.6 Å². The van der Waals surface area contributed by atoms with Crippen LogP contribution in [0.3, 0.4) is 0 Å². The van der Waals surface area contributed by atoms with Crippen molar-refractivity contribution < 1.29 is 17.6 Å². The van der Waals surface area contributed by atoms with Crippen LogP contribution in [0, 0.1) is 5.95 Å². The van der Waals surface area contributed by atoms with Gasteiger partial charge in [-0.05, 0) is 22.0 Å². The van der Waals surface area contributed by atoms with Crippen molar-refractivity contribution in [2.24, 2.45) is 0 Å². The molecule has 6 heteroatoms. The lowest BCUT2D eigenvalue weighted by molar-refractivity contribution is -0.137. The summed E-state index contributed by atoms with van der Waals surface area (Å²) in [5, 5.41) is 0. The van der Waals surface area contributed by atoms with Crippen LogP contribution in [0.4, 0.5) is 17.6 Å². The van der Waals surface area contributed by atoms with Gasteiger partial charge < -0.3 is 0 Å². The highest BCUT2D eigenvalue weighted by Gasteiger charge is 2.31. The van der Waals surface area contributed by atoms with E-state index in [4.69, 9.17) is 0 Å². The van der Waals surface area contributed by atoms with Crippen LogP contribution in [-0.4, -0.2) is 4.98 Å². The number of pyridine rings is 1. The molecule has 66 valence electrons. The third-order valence-corrected chi connectivity index (χ3v) is 1.50. The highest BCUT2D eigenvalue weighted by atomic mass is 79.9. The Morgan fingerprint density at radius 3 is 2.25 bits per heavy atom. The summed E-state index contributed by atoms with van der Waals surface area (Å²) < 4.78 is 47.9. The van der Waals surface area contributed by atoms with Crippen molar-refractivity contribution in [1.29, 1.82) is 0 Å². The van der Waals surface area contributed by atoms with E-state index in [0.29, 0.717) is 12.1 Å². The lowest BCUT2D eigenvalue weighted by atomic mass is 10.3. The average molecular weight is 244 g/mol. The van der Waals surface area contributed by atoms with E-state index in [-0.39, 0.29) is 4.60 Å². The molecule has 1 nitrogen and oxygen atoms in total. The summed E-state index contributed by atoms with van der Waals surface area (Å²) in [7, 11) is 0. The van der Waals surface area contributed by atoms with Crippen molar-refractivity contribution in [3.63, 3.8) is 0 Å². The first-order valence-electron chi connectivity index (χ1n) is 2.80. The second-order valence-electron chi connectivity index (χ2n) is 2.00. The van der Waals surface area contributed by atoms with Crippen molar-refractivity contribution >= 4 is 15.9 Å². The maximum absolute atomic E-state index is 12.3. The number of rotatable bonds is 0. The Hall–Kier alpha value is -0.650. The molecule has 0 N–H and O–H groups in total. The Balaban J connectivity index is 3.18. The van der Waals surface area contributed by atoms with Crippen LogP contribution < -0.4 is 0 Å². The molecule has 0 spiro atoms. The molecule has 1 aromatic rings. The molecule has 0 aromatic carbocycles. The summed E-state index contributed by atoms with van der Waals surface area (Å²) in [6.07, 6.45) is -4.54. The van der Waals surface area contributed by atoms with Gasteiger partial charge in [-0.3, -0.25) is 0 Å². The summed E-state index contributed by atoms with van der Waals surface area (Å²) in [6.45, 7) is 0. The van der Waals surface area contributed by atoms with Crippen LogP contribution in [-0.2, 0) is 6.18 Å². The summed E-state index contributed by atoms with van der Waals surface area (Å²) in [6, 6.07) is 1.05. The van der Waals surface area contributed by atoms with Crippen LogP contribution in [0.5, 0.6) is 0 Å². The van der Waals surface area contributed by atoms with E-state index in [1.807, 2.05) is 0 Å². The summed E-state index contributed by atoms with van der Waals surface area (Å²) in [5.41, 5.74) is -1.05. The van der Waals surface area contributed by atoms with Crippen LogP contribution in [0.25, 0.3) is 0 Å². The molecule has 1 rings (SSSR count). The highest BCUT2D eigenvalue weighted by molar-refractivity contribution is 9.10. The Bertz CT molecular complexity index is 276. The minimum Gasteiger partial charge on any atom is -0.213 e.